The van der Waals surface area contributed by atoms with Gasteiger partial charge in [-0.25, -0.2) is 0 Å². The number of amides is 1. The maximum absolute atomic E-state index is 11.7. The van der Waals surface area contributed by atoms with Crippen molar-refractivity contribution in [1.82, 2.24) is 4.90 Å². The first-order valence-corrected chi connectivity index (χ1v) is 6.30. The number of hydrogen-bond donors (Lipinski definition) is 2. The molecule has 0 aromatic heterocycles. The van der Waals surface area contributed by atoms with Crippen LogP contribution in [0.15, 0.2) is 30.3 Å². The van der Waals surface area contributed by atoms with Crippen LogP contribution in [0.2, 0.25) is 0 Å². The third-order valence-electron chi connectivity index (χ3n) is 2.75. The third kappa shape index (κ3) is 6.01. The number of carbonyl (C=O) groups excluding carboxylic acids is 1. The van der Waals surface area contributed by atoms with Crippen LogP contribution in [0.3, 0.4) is 0 Å². The highest BCUT2D eigenvalue weighted by Crippen LogP contribution is 2.06. The summed E-state index contributed by atoms with van der Waals surface area (Å²) in [5.41, 5.74) is 0.752. The van der Waals surface area contributed by atoms with Gasteiger partial charge in [0, 0.05) is 24.7 Å². The number of carboxylic acids is 1. The van der Waals surface area contributed by atoms with E-state index in [1.165, 1.54) is 0 Å². The van der Waals surface area contributed by atoms with Crippen molar-refractivity contribution in [2.24, 2.45) is 0 Å². The first-order valence-electron chi connectivity index (χ1n) is 6.30. The van der Waals surface area contributed by atoms with Gasteiger partial charge in [0.15, 0.2) is 0 Å². The number of benzene rings is 1. The minimum Gasteiger partial charge on any atom is -0.480 e. The van der Waals surface area contributed by atoms with Gasteiger partial charge >= 0.3 is 5.97 Å². The van der Waals surface area contributed by atoms with Gasteiger partial charge in [0.1, 0.15) is 0 Å². The minimum atomic E-state index is -0.878. The van der Waals surface area contributed by atoms with Crippen LogP contribution in [-0.2, 0) is 9.59 Å². The van der Waals surface area contributed by atoms with Gasteiger partial charge in [0.25, 0.3) is 0 Å². The molecule has 19 heavy (non-hydrogen) atoms. The molecule has 2 N–H and O–H groups in total. The number of para-hydroxylation sites is 1. The fourth-order valence-electron chi connectivity index (χ4n) is 1.68. The number of nitrogens with one attached hydrogen (secondary N) is 1. The summed E-state index contributed by atoms with van der Waals surface area (Å²) in [4.78, 5) is 24.2. The zero-order chi connectivity index (χ0) is 14.3. The molecule has 0 aliphatic heterocycles. The lowest BCUT2D eigenvalue weighted by atomic mass is 10.2. The molecule has 0 atom stereocenters. The molecule has 5 heteroatoms. The summed E-state index contributed by atoms with van der Waals surface area (Å²) in [7, 11) is 0. The molecule has 104 valence electrons. The lowest BCUT2D eigenvalue weighted by Gasteiger charge is -2.24. The number of aliphatic carboxylic acids is 1. The first kappa shape index (κ1) is 15.2. The lowest BCUT2D eigenvalue weighted by molar-refractivity contribution is -0.139. The highest BCUT2D eigenvalue weighted by Gasteiger charge is 2.14. The molecule has 0 unspecified atom stereocenters. The summed E-state index contributed by atoms with van der Waals surface area (Å²) in [5.74, 6) is -0.987. The van der Waals surface area contributed by atoms with Gasteiger partial charge < -0.3 is 10.4 Å². The molecule has 1 aromatic rings. The van der Waals surface area contributed by atoms with E-state index < -0.39 is 5.97 Å². The van der Waals surface area contributed by atoms with Crippen LogP contribution in [0.4, 0.5) is 5.69 Å². The molecule has 1 amide bonds. The van der Waals surface area contributed by atoms with Gasteiger partial charge in [-0.3, -0.25) is 14.5 Å². The molecule has 0 radical (unpaired) electrons. The van der Waals surface area contributed by atoms with E-state index in [2.05, 4.69) is 5.32 Å². The molecule has 1 aromatic carbocycles. The van der Waals surface area contributed by atoms with E-state index in [1.54, 1.807) is 4.90 Å². The van der Waals surface area contributed by atoms with Gasteiger partial charge in [-0.15, -0.1) is 0 Å². The van der Waals surface area contributed by atoms with Crippen LogP contribution < -0.4 is 5.32 Å². The molecule has 0 aliphatic carbocycles. The van der Waals surface area contributed by atoms with Gasteiger partial charge in [0.2, 0.25) is 5.91 Å². The smallest absolute Gasteiger partial charge is 0.317 e. The Bertz CT molecular complexity index is 418. The van der Waals surface area contributed by atoms with Crippen molar-refractivity contribution in [3.63, 3.8) is 0 Å². The Hall–Kier alpha value is -1.88. The molecule has 0 bridgehead atoms. The van der Waals surface area contributed by atoms with E-state index >= 15 is 0 Å². The number of rotatable bonds is 7. The Labute approximate surface area is 113 Å². The molecule has 0 saturated heterocycles. The molecule has 5 nitrogen and oxygen atoms in total. The summed E-state index contributed by atoms with van der Waals surface area (Å²) in [6, 6.07) is 9.30. The highest BCUT2D eigenvalue weighted by molar-refractivity contribution is 5.90. The topological polar surface area (TPSA) is 69.6 Å². The van der Waals surface area contributed by atoms with Crippen molar-refractivity contribution in [2.45, 2.75) is 26.3 Å². The number of anilines is 1. The Morgan fingerprint density at radius 3 is 2.42 bits per heavy atom. The van der Waals surface area contributed by atoms with E-state index in [4.69, 9.17) is 5.11 Å². The van der Waals surface area contributed by atoms with Crippen LogP contribution in [0.1, 0.15) is 20.3 Å². The molecular formula is C14H20N2O3. The zero-order valence-corrected chi connectivity index (χ0v) is 11.3. The fraction of sp³-hybridized carbons (Fsp3) is 0.429. The average molecular weight is 264 g/mol. The average Bonchev–Trinajstić information content (AvgIpc) is 2.35. The number of nitrogens with zero attached hydrogens (tertiary/aromatic N) is 1. The Kier molecular flexibility index (Phi) is 6.02. The first-order chi connectivity index (χ1) is 8.99. The van der Waals surface area contributed by atoms with Crippen LogP contribution in [-0.4, -0.2) is 41.0 Å². The molecule has 0 aliphatic rings. The van der Waals surface area contributed by atoms with Crippen LogP contribution >= 0.6 is 0 Å². The highest BCUT2D eigenvalue weighted by atomic mass is 16.4. The van der Waals surface area contributed by atoms with E-state index in [0.717, 1.165) is 5.69 Å². The summed E-state index contributed by atoms with van der Waals surface area (Å²) in [5, 5.41) is 11.6. The van der Waals surface area contributed by atoms with Crippen molar-refractivity contribution in [3.05, 3.63) is 30.3 Å². The number of carbonyl (C=O) groups is 2. The minimum absolute atomic E-state index is 0.0454. The van der Waals surface area contributed by atoms with Crippen LogP contribution in [0.5, 0.6) is 0 Å². The van der Waals surface area contributed by atoms with Gasteiger partial charge in [-0.1, -0.05) is 18.2 Å². The van der Waals surface area contributed by atoms with Crippen molar-refractivity contribution < 1.29 is 14.7 Å². The Morgan fingerprint density at radius 2 is 1.89 bits per heavy atom. The van der Waals surface area contributed by atoms with E-state index in [9.17, 15) is 9.59 Å². The molecule has 0 heterocycles. The summed E-state index contributed by atoms with van der Waals surface area (Å²) < 4.78 is 0. The molecule has 0 fully saturated rings. The van der Waals surface area contributed by atoms with Gasteiger partial charge in [-0.2, -0.15) is 0 Å². The largest absolute Gasteiger partial charge is 0.480 e. The maximum Gasteiger partial charge on any atom is 0.317 e. The predicted octanol–water partition coefficient (Wildman–Crippen LogP) is 1.81. The van der Waals surface area contributed by atoms with Crippen molar-refractivity contribution in [3.8, 4) is 0 Å². The second-order valence-electron chi connectivity index (χ2n) is 4.62. The Morgan fingerprint density at radius 1 is 1.26 bits per heavy atom. The third-order valence-corrected chi connectivity index (χ3v) is 2.75. The second-order valence-corrected chi connectivity index (χ2v) is 4.62. The summed E-state index contributed by atoms with van der Waals surface area (Å²) >= 11 is 0. The monoisotopic (exact) mass is 264 g/mol. The Balaban J connectivity index is 2.41. The SMILES string of the molecule is CC(C)N(CCC(=O)Nc1ccccc1)CC(=O)O. The standard InChI is InChI=1S/C14H20N2O3/c1-11(2)16(10-14(18)19)9-8-13(17)15-12-6-4-3-5-7-12/h3-7,11H,8-10H2,1-2H3,(H,15,17)(H,18,19). The molecule has 0 spiro atoms. The van der Waals surface area contributed by atoms with Crippen molar-refractivity contribution in [1.29, 1.82) is 0 Å². The van der Waals surface area contributed by atoms with Gasteiger partial charge in [0.05, 0.1) is 6.54 Å². The normalized spacial score (nSPS) is 10.7. The van der Waals surface area contributed by atoms with E-state index in [-0.39, 0.29) is 24.9 Å². The fourth-order valence-corrected chi connectivity index (χ4v) is 1.68. The van der Waals surface area contributed by atoms with Gasteiger partial charge in [-0.05, 0) is 26.0 Å². The number of carboxylic acid groups (broad SMARTS) is 1. The van der Waals surface area contributed by atoms with E-state index in [0.29, 0.717) is 6.54 Å². The predicted molar refractivity (Wildman–Crippen MR) is 74.0 cm³/mol. The zero-order valence-electron chi connectivity index (χ0n) is 11.3. The van der Waals surface area contributed by atoms with E-state index in [1.807, 2.05) is 44.2 Å². The van der Waals surface area contributed by atoms with Crippen LogP contribution in [0, 0.1) is 0 Å². The molecule has 1 rings (SSSR count). The second kappa shape index (κ2) is 7.53. The van der Waals surface area contributed by atoms with Crippen molar-refractivity contribution >= 4 is 17.6 Å². The molecular weight excluding hydrogens is 244 g/mol. The summed E-state index contributed by atoms with van der Waals surface area (Å²) in [6.45, 7) is 4.22. The number of hydrogen-bond acceptors (Lipinski definition) is 3. The lowest BCUT2D eigenvalue weighted by Crippen LogP contribution is -2.37. The quantitative estimate of drug-likeness (QED) is 0.788. The van der Waals surface area contributed by atoms with Crippen molar-refractivity contribution in [2.75, 3.05) is 18.4 Å². The summed E-state index contributed by atoms with van der Waals surface area (Å²) in [6.07, 6.45) is 0.278. The van der Waals surface area contributed by atoms with Crippen LogP contribution in [0.25, 0.3) is 0 Å². The maximum atomic E-state index is 11.7. The molecule has 0 saturated carbocycles.